The third-order valence-electron chi connectivity index (χ3n) is 3.71. The van der Waals surface area contributed by atoms with Crippen LogP contribution in [-0.4, -0.2) is 37.6 Å². The van der Waals surface area contributed by atoms with Crippen LogP contribution < -0.4 is 10.1 Å². The van der Waals surface area contributed by atoms with Crippen LogP contribution in [0.4, 0.5) is 0 Å². The van der Waals surface area contributed by atoms with Crippen molar-refractivity contribution < 1.29 is 19.9 Å². The van der Waals surface area contributed by atoms with Gasteiger partial charge >= 0.3 is 0 Å². The molecule has 0 aliphatic heterocycles. The molecule has 0 saturated carbocycles. The van der Waals surface area contributed by atoms with Gasteiger partial charge in [-0.15, -0.1) is 0 Å². The van der Waals surface area contributed by atoms with Gasteiger partial charge in [-0.05, 0) is 31.2 Å². The lowest BCUT2D eigenvalue weighted by Crippen LogP contribution is -2.87. The average Bonchev–Trinajstić information content (AvgIpc) is 2.61. The Morgan fingerprint density at radius 3 is 2.46 bits per heavy atom. The summed E-state index contributed by atoms with van der Waals surface area (Å²) in [5.74, 6) is 0.758. The Labute approximate surface area is 148 Å². The van der Waals surface area contributed by atoms with Gasteiger partial charge in [-0.2, -0.15) is 0 Å². The van der Waals surface area contributed by atoms with Gasteiger partial charge in [0.15, 0.2) is 0 Å². The summed E-state index contributed by atoms with van der Waals surface area (Å²) in [5.41, 5.74) is 1.25. The van der Waals surface area contributed by atoms with Crippen molar-refractivity contribution in [1.29, 1.82) is 0 Å². The molecule has 2 rings (SSSR count). The number of rotatable bonds is 10. The highest BCUT2D eigenvalue weighted by molar-refractivity contribution is 6.30. The third-order valence-corrected chi connectivity index (χ3v) is 3.96. The van der Waals surface area contributed by atoms with Crippen LogP contribution in [0, 0.1) is 0 Å². The number of benzene rings is 2. The Morgan fingerprint density at radius 1 is 1.04 bits per heavy atom. The first kappa shape index (κ1) is 18.7. The summed E-state index contributed by atoms with van der Waals surface area (Å²) >= 11 is 5.81. The standard InChI is InChI=1S/C19H24ClNO3/c1-15(16-5-3-2-4-6-16)21-13-18(22)14-23-11-12-24-19-9-7-17(20)8-10-19/h2-10,15,18,21-22H,11-14H2,1H3/p+1/t15-,18+/m1/s1. The van der Waals surface area contributed by atoms with E-state index >= 15 is 0 Å². The molecule has 0 aromatic heterocycles. The Kier molecular flexibility index (Phi) is 8.05. The number of ether oxygens (including phenoxy) is 2. The Hall–Kier alpha value is -1.59. The molecule has 0 spiro atoms. The quantitative estimate of drug-likeness (QED) is 0.647. The first-order valence-electron chi connectivity index (χ1n) is 8.17. The highest BCUT2D eigenvalue weighted by Gasteiger charge is 2.12. The number of nitrogens with two attached hydrogens (primary N) is 1. The van der Waals surface area contributed by atoms with Gasteiger partial charge in [0.1, 0.15) is 31.0 Å². The summed E-state index contributed by atoms with van der Waals surface area (Å²) < 4.78 is 11.0. The summed E-state index contributed by atoms with van der Waals surface area (Å²) in [4.78, 5) is 0. The van der Waals surface area contributed by atoms with Crippen LogP contribution in [0.25, 0.3) is 0 Å². The summed E-state index contributed by atoms with van der Waals surface area (Å²) in [6.07, 6.45) is -0.494. The van der Waals surface area contributed by atoms with Crippen LogP contribution >= 0.6 is 11.6 Å². The number of quaternary nitrogens is 1. The maximum absolute atomic E-state index is 9.98. The topological polar surface area (TPSA) is 55.3 Å². The van der Waals surface area contributed by atoms with Gasteiger partial charge in [-0.25, -0.2) is 0 Å². The second-order valence-electron chi connectivity index (χ2n) is 5.70. The maximum atomic E-state index is 9.98. The van der Waals surface area contributed by atoms with Gasteiger partial charge in [0.05, 0.1) is 13.2 Å². The molecule has 0 aliphatic carbocycles. The molecule has 0 amide bonds. The van der Waals surface area contributed by atoms with Crippen molar-refractivity contribution in [2.75, 3.05) is 26.4 Å². The highest BCUT2D eigenvalue weighted by Crippen LogP contribution is 2.15. The minimum atomic E-state index is -0.494. The molecule has 0 unspecified atom stereocenters. The van der Waals surface area contributed by atoms with Gasteiger partial charge in [0, 0.05) is 10.6 Å². The Morgan fingerprint density at radius 2 is 1.75 bits per heavy atom. The number of halogens is 1. The molecule has 0 fully saturated rings. The van der Waals surface area contributed by atoms with Crippen molar-refractivity contribution in [3.63, 3.8) is 0 Å². The molecule has 0 radical (unpaired) electrons. The lowest BCUT2D eigenvalue weighted by atomic mass is 10.1. The summed E-state index contributed by atoms with van der Waals surface area (Å²) in [6.45, 7) is 3.92. The zero-order valence-electron chi connectivity index (χ0n) is 13.9. The number of aliphatic hydroxyl groups is 1. The van der Waals surface area contributed by atoms with Crippen molar-refractivity contribution in [1.82, 2.24) is 0 Å². The SMILES string of the molecule is C[C@@H]([NH2+]C[C@H](O)COCCOc1ccc(Cl)cc1)c1ccccc1. The van der Waals surface area contributed by atoms with Crippen LogP contribution in [0.2, 0.25) is 5.02 Å². The highest BCUT2D eigenvalue weighted by atomic mass is 35.5. The van der Waals surface area contributed by atoms with E-state index in [4.69, 9.17) is 21.1 Å². The Bertz CT molecular complexity index is 577. The normalized spacial score (nSPS) is 13.5. The van der Waals surface area contributed by atoms with Crippen LogP contribution in [0.3, 0.4) is 0 Å². The molecule has 0 saturated heterocycles. The van der Waals surface area contributed by atoms with E-state index in [1.54, 1.807) is 12.1 Å². The molecular weight excluding hydrogens is 326 g/mol. The average molecular weight is 351 g/mol. The lowest BCUT2D eigenvalue weighted by molar-refractivity contribution is -0.698. The van der Waals surface area contributed by atoms with Gasteiger partial charge in [0.2, 0.25) is 0 Å². The van der Waals surface area contributed by atoms with E-state index in [-0.39, 0.29) is 0 Å². The van der Waals surface area contributed by atoms with Gasteiger partial charge in [0.25, 0.3) is 0 Å². The Balaban J connectivity index is 1.55. The van der Waals surface area contributed by atoms with Crippen LogP contribution in [0.1, 0.15) is 18.5 Å². The molecule has 2 aromatic rings. The van der Waals surface area contributed by atoms with Gasteiger partial charge in [-0.3, -0.25) is 0 Å². The first-order valence-corrected chi connectivity index (χ1v) is 8.55. The molecule has 0 heterocycles. The molecule has 4 nitrogen and oxygen atoms in total. The monoisotopic (exact) mass is 350 g/mol. The predicted octanol–water partition coefficient (Wildman–Crippen LogP) is 2.42. The fraction of sp³-hybridized carbons (Fsp3) is 0.368. The first-order chi connectivity index (χ1) is 11.6. The van der Waals surface area contributed by atoms with Crippen molar-refractivity contribution >= 4 is 11.6 Å². The van der Waals surface area contributed by atoms with E-state index < -0.39 is 6.10 Å². The maximum Gasteiger partial charge on any atom is 0.126 e. The van der Waals surface area contributed by atoms with Gasteiger partial charge in [-0.1, -0.05) is 41.9 Å². The molecule has 5 heteroatoms. The number of hydrogen-bond donors (Lipinski definition) is 2. The predicted molar refractivity (Wildman–Crippen MR) is 95.4 cm³/mol. The van der Waals surface area contributed by atoms with Crippen molar-refractivity contribution in [3.8, 4) is 5.75 Å². The smallest absolute Gasteiger partial charge is 0.126 e. The van der Waals surface area contributed by atoms with Crippen LogP contribution in [0.5, 0.6) is 5.75 Å². The van der Waals surface area contributed by atoms with E-state index in [0.717, 1.165) is 5.75 Å². The molecule has 3 N–H and O–H groups in total. The molecule has 0 bridgehead atoms. The minimum absolute atomic E-state index is 0.308. The minimum Gasteiger partial charge on any atom is -0.491 e. The molecule has 130 valence electrons. The number of hydrogen-bond acceptors (Lipinski definition) is 3. The fourth-order valence-corrected chi connectivity index (χ4v) is 2.42. The van der Waals surface area contributed by atoms with Crippen LogP contribution in [0.15, 0.2) is 54.6 Å². The second kappa shape index (κ2) is 10.3. The van der Waals surface area contributed by atoms with Gasteiger partial charge < -0.3 is 19.9 Å². The van der Waals surface area contributed by atoms with E-state index in [9.17, 15) is 5.11 Å². The molecule has 0 aliphatic rings. The van der Waals surface area contributed by atoms with E-state index in [0.29, 0.717) is 37.4 Å². The molecule has 2 atom stereocenters. The molecule has 24 heavy (non-hydrogen) atoms. The molecular formula is C19H25ClNO3+. The van der Waals surface area contributed by atoms with E-state index in [2.05, 4.69) is 24.4 Å². The third kappa shape index (κ3) is 6.89. The zero-order valence-corrected chi connectivity index (χ0v) is 14.7. The largest absolute Gasteiger partial charge is 0.491 e. The van der Waals surface area contributed by atoms with E-state index in [1.807, 2.05) is 30.3 Å². The van der Waals surface area contributed by atoms with Crippen LogP contribution in [-0.2, 0) is 4.74 Å². The van der Waals surface area contributed by atoms with Crippen molar-refractivity contribution in [3.05, 3.63) is 65.2 Å². The lowest BCUT2D eigenvalue weighted by Gasteiger charge is -2.15. The fourth-order valence-electron chi connectivity index (χ4n) is 2.29. The van der Waals surface area contributed by atoms with Crippen molar-refractivity contribution in [2.45, 2.75) is 19.1 Å². The van der Waals surface area contributed by atoms with Crippen molar-refractivity contribution in [2.24, 2.45) is 0 Å². The zero-order chi connectivity index (χ0) is 17.2. The summed E-state index contributed by atoms with van der Waals surface area (Å²) in [7, 11) is 0. The van der Waals surface area contributed by atoms with E-state index in [1.165, 1.54) is 5.56 Å². The molecule has 2 aromatic carbocycles. The summed E-state index contributed by atoms with van der Waals surface area (Å²) in [5, 5.41) is 12.8. The number of aliphatic hydroxyl groups excluding tert-OH is 1. The summed E-state index contributed by atoms with van der Waals surface area (Å²) in [6, 6.07) is 17.8. The second-order valence-corrected chi connectivity index (χ2v) is 6.14.